The number of aliphatic hydroxyl groups excluding tert-OH is 1. The van der Waals surface area contributed by atoms with Crippen molar-refractivity contribution in [3.8, 4) is 0 Å². The van der Waals surface area contributed by atoms with Crippen molar-refractivity contribution in [1.82, 2.24) is 10.6 Å². The van der Waals surface area contributed by atoms with Gasteiger partial charge in [0, 0.05) is 13.1 Å². The van der Waals surface area contributed by atoms with Crippen molar-refractivity contribution in [2.75, 3.05) is 24.6 Å². The monoisotopic (exact) mass is 326 g/mol. The van der Waals surface area contributed by atoms with Crippen molar-refractivity contribution >= 4 is 15.9 Å². The van der Waals surface area contributed by atoms with Crippen molar-refractivity contribution in [3.05, 3.63) is 35.4 Å². The van der Waals surface area contributed by atoms with Gasteiger partial charge < -0.3 is 15.7 Å². The number of benzene rings is 1. The molecule has 6 nitrogen and oxygen atoms in total. The van der Waals surface area contributed by atoms with Gasteiger partial charge in [0.15, 0.2) is 9.84 Å². The molecule has 2 atom stereocenters. The predicted octanol–water partition coefficient (Wildman–Crippen LogP) is 0.762. The highest BCUT2D eigenvalue weighted by Gasteiger charge is 2.27. The van der Waals surface area contributed by atoms with Crippen LogP contribution in [0.5, 0.6) is 0 Å². The summed E-state index contributed by atoms with van der Waals surface area (Å²) in [6, 6.07) is 7.06. The van der Waals surface area contributed by atoms with Crippen LogP contribution in [0.3, 0.4) is 0 Å². The van der Waals surface area contributed by atoms with E-state index in [1.165, 1.54) is 0 Å². The van der Waals surface area contributed by atoms with Crippen molar-refractivity contribution in [2.24, 2.45) is 5.92 Å². The lowest BCUT2D eigenvalue weighted by Crippen LogP contribution is -2.40. The maximum Gasteiger partial charge on any atom is 0.314 e. The summed E-state index contributed by atoms with van der Waals surface area (Å²) in [7, 11) is -2.92. The number of urea groups is 1. The molecule has 1 heterocycles. The van der Waals surface area contributed by atoms with Gasteiger partial charge in [-0.1, -0.05) is 29.8 Å². The molecule has 2 amide bonds. The summed E-state index contributed by atoms with van der Waals surface area (Å²) in [5.41, 5.74) is 1.85. The van der Waals surface area contributed by atoms with E-state index in [0.29, 0.717) is 13.0 Å². The highest BCUT2D eigenvalue weighted by atomic mass is 32.2. The fourth-order valence-corrected chi connectivity index (χ4v) is 4.29. The van der Waals surface area contributed by atoms with E-state index in [2.05, 4.69) is 10.6 Å². The van der Waals surface area contributed by atoms with Crippen LogP contribution < -0.4 is 10.6 Å². The van der Waals surface area contributed by atoms with E-state index in [-0.39, 0.29) is 24.0 Å². The van der Waals surface area contributed by atoms with Crippen molar-refractivity contribution in [1.29, 1.82) is 0 Å². The maximum absolute atomic E-state index is 11.7. The third-order valence-electron chi connectivity index (χ3n) is 3.80. The second-order valence-corrected chi connectivity index (χ2v) is 8.02. The quantitative estimate of drug-likeness (QED) is 0.744. The molecule has 0 radical (unpaired) electrons. The van der Waals surface area contributed by atoms with Crippen molar-refractivity contribution in [3.63, 3.8) is 0 Å². The first-order valence-corrected chi connectivity index (χ1v) is 9.14. The molecule has 1 aliphatic rings. The van der Waals surface area contributed by atoms with Gasteiger partial charge in [-0.15, -0.1) is 0 Å². The number of amides is 2. The number of carbonyl (C=O) groups is 1. The number of hydrogen-bond donors (Lipinski definition) is 3. The van der Waals surface area contributed by atoms with E-state index in [0.717, 1.165) is 11.1 Å². The molecule has 1 saturated heterocycles. The van der Waals surface area contributed by atoms with Crippen LogP contribution in [-0.2, 0) is 9.84 Å². The first kappa shape index (κ1) is 16.8. The molecule has 122 valence electrons. The minimum Gasteiger partial charge on any atom is -0.387 e. The molecule has 1 aromatic rings. The Hall–Kier alpha value is -1.60. The highest BCUT2D eigenvalue weighted by Crippen LogP contribution is 2.17. The summed E-state index contributed by atoms with van der Waals surface area (Å²) in [6.45, 7) is 2.41. The molecule has 22 heavy (non-hydrogen) atoms. The number of rotatable bonds is 5. The SMILES string of the molecule is Cc1ccc([C@H](O)CNC(=O)NC[C@@H]2CCS(=O)(=O)C2)cc1. The van der Waals surface area contributed by atoms with Gasteiger partial charge in [0.25, 0.3) is 0 Å². The Morgan fingerprint density at radius 3 is 2.59 bits per heavy atom. The average Bonchev–Trinajstić information content (AvgIpc) is 2.82. The largest absolute Gasteiger partial charge is 0.387 e. The summed E-state index contributed by atoms with van der Waals surface area (Å²) in [6.07, 6.45) is -0.174. The van der Waals surface area contributed by atoms with Crippen LogP contribution in [0, 0.1) is 12.8 Å². The number of carbonyl (C=O) groups excluding carboxylic acids is 1. The van der Waals surface area contributed by atoms with Gasteiger partial charge in [-0.3, -0.25) is 0 Å². The first-order chi connectivity index (χ1) is 10.4. The molecule has 3 N–H and O–H groups in total. The fraction of sp³-hybridized carbons (Fsp3) is 0.533. The minimum absolute atomic E-state index is 0.0160. The van der Waals surface area contributed by atoms with Crippen LogP contribution in [-0.4, -0.2) is 44.2 Å². The second-order valence-electron chi connectivity index (χ2n) is 5.79. The van der Waals surface area contributed by atoms with Gasteiger partial charge in [0.2, 0.25) is 0 Å². The fourth-order valence-electron chi connectivity index (χ4n) is 2.43. The number of aliphatic hydroxyl groups is 1. The Bertz CT molecular complexity index is 613. The molecule has 0 saturated carbocycles. The van der Waals surface area contributed by atoms with Crippen LogP contribution in [0.2, 0.25) is 0 Å². The number of nitrogens with one attached hydrogen (secondary N) is 2. The van der Waals surface area contributed by atoms with E-state index in [1.54, 1.807) is 0 Å². The smallest absolute Gasteiger partial charge is 0.314 e. The Kier molecular flexibility index (Phi) is 5.42. The van der Waals surface area contributed by atoms with Crippen LogP contribution in [0.1, 0.15) is 23.7 Å². The van der Waals surface area contributed by atoms with Crippen molar-refractivity contribution < 1.29 is 18.3 Å². The maximum atomic E-state index is 11.7. The van der Waals surface area contributed by atoms with Crippen molar-refractivity contribution in [2.45, 2.75) is 19.4 Å². The Morgan fingerprint density at radius 1 is 1.32 bits per heavy atom. The lowest BCUT2D eigenvalue weighted by molar-refractivity contribution is 0.173. The normalized spacial score (nSPS) is 21.3. The Morgan fingerprint density at radius 2 is 2.00 bits per heavy atom. The molecule has 0 unspecified atom stereocenters. The summed E-state index contributed by atoms with van der Waals surface area (Å²) in [4.78, 5) is 11.7. The van der Waals surface area contributed by atoms with E-state index in [9.17, 15) is 18.3 Å². The summed E-state index contributed by atoms with van der Waals surface area (Å²) < 4.78 is 22.6. The van der Waals surface area contributed by atoms with Crippen LogP contribution in [0.4, 0.5) is 4.79 Å². The zero-order valence-electron chi connectivity index (χ0n) is 12.6. The van der Waals surface area contributed by atoms with E-state index >= 15 is 0 Å². The third-order valence-corrected chi connectivity index (χ3v) is 5.63. The standard InChI is InChI=1S/C15H22N2O4S/c1-11-2-4-13(5-3-11)14(18)9-17-15(19)16-8-12-6-7-22(20,21)10-12/h2-5,12,14,18H,6-10H2,1H3,(H2,16,17,19)/t12-,14+/m0/s1. The molecule has 0 aromatic heterocycles. The molecule has 1 fully saturated rings. The third kappa shape index (κ3) is 4.99. The summed E-state index contributed by atoms with van der Waals surface area (Å²) in [5, 5.41) is 15.2. The van der Waals surface area contributed by atoms with Crippen LogP contribution in [0.15, 0.2) is 24.3 Å². The van der Waals surface area contributed by atoms with Gasteiger partial charge in [-0.05, 0) is 24.8 Å². The molecule has 7 heteroatoms. The topological polar surface area (TPSA) is 95.5 Å². The van der Waals surface area contributed by atoms with Gasteiger partial charge in [-0.25, -0.2) is 13.2 Å². The number of sulfone groups is 1. The zero-order chi connectivity index (χ0) is 16.2. The first-order valence-electron chi connectivity index (χ1n) is 7.32. The molecule has 0 bridgehead atoms. The molecular formula is C15H22N2O4S. The van der Waals surface area contributed by atoms with Gasteiger partial charge in [-0.2, -0.15) is 0 Å². The molecule has 1 aromatic carbocycles. The number of hydrogen-bond acceptors (Lipinski definition) is 4. The number of aryl methyl sites for hydroxylation is 1. The van der Waals surface area contributed by atoms with E-state index in [4.69, 9.17) is 0 Å². The summed E-state index contributed by atoms with van der Waals surface area (Å²) >= 11 is 0. The molecular weight excluding hydrogens is 304 g/mol. The van der Waals surface area contributed by atoms with E-state index < -0.39 is 22.0 Å². The Balaban J connectivity index is 1.70. The van der Waals surface area contributed by atoms with Crippen LogP contribution >= 0.6 is 0 Å². The zero-order valence-corrected chi connectivity index (χ0v) is 13.4. The molecule has 0 aliphatic carbocycles. The average molecular weight is 326 g/mol. The van der Waals surface area contributed by atoms with Gasteiger partial charge >= 0.3 is 6.03 Å². The molecule has 1 aliphatic heterocycles. The predicted molar refractivity (Wildman–Crippen MR) is 84.3 cm³/mol. The Labute approximate surface area is 130 Å². The van der Waals surface area contributed by atoms with Gasteiger partial charge in [0.05, 0.1) is 17.6 Å². The minimum atomic E-state index is -2.92. The van der Waals surface area contributed by atoms with Gasteiger partial charge in [0.1, 0.15) is 0 Å². The van der Waals surface area contributed by atoms with E-state index in [1.807, 2.05) is 31.2 Å². The summed E-state index contributed by atoms with van der Waals surface area (Å²) in [5.74, 6) is 0.324. The molecule has 0 spiro atoms. The highest BCUT2D eigenvalue weighted by molar-refractivity contribution is 7.91. The second kappa shape index (κ2) is 7.11. The van der Waals surface area contributed by atoms with Crippen LogP contribution in [0.25, 0.3) is 0 Å². The lowest BCUT2D eigenvalue weighted by atomic mass is 10.1. The lowest BCUT2D eigenvalue weighted by Gasteiger charge is -2.14. The molecule has 2 rings (SSSR count).